The molecule has 1 aliphatic heterocycles. The first-order valence-electron chi connectivity index (χ1n) is 30.0. The summed E-state index contributed by atoms with van der Waals surface area (Å²) < 4.78 is 7.18. The molecule has 0 N–H and O–H groups in total. The van der Waals surface area contributed by atoms with E-state index in [1.165, 1.54) is 43.6 Å². The maximum Gasteiger partial charge on any atom is 0.160 e. The molecular formula is C80H52N8. The smallest absolute Gasteiger partial charge is 0.160 e. The van der Waals surface area contributed by atoms with Gasteiger partial charge in [0.25, 0.3) is 0 Å². The highest BCUT2D eigenvalue weighted by molar-refractivity contribution is 6.13. The predicted octanol–water partition coefficient (Wildman–Crippen LogP) is 19.6. The molecule has 18 rings (SSSR count). The lowest BCUT2D eigenvalue weighted by Crippen LogP contribution is -2.29. The quantitative estimate of drug-likeness (QED) is 0.144. The minimum Gasteiger partial charge on any atom is -0.333 e. The van der Waals surface area contributed by atoms with Gasteiger partial charge in [0.15, 0.2) is 5.82 Å². The van der Waals surface area contributed by atoms with Crippen LogP contribution in [0.15, 0.2) is 304 Å². The largest absolute Gasteiger partial charge is 0.333 e. The lowest BCUT2D eigenvalue weighted by Gasteiger charge is -2.31. The molecule has 16 aromatic rings. The van der Waals surface area contributed by atoms with Crippen LogP contribution in [0.1, 0.15) is 11.5 Å². The SMILES string of the molecule is C1=CC2c3ccccc3N(c3cc(-c4cc(-c5ccccc5)nc(-c5ccc(-c6ccncc6-n6c7ccccc7c7ccccc76)c(-n6c7ccccc7c7ccccc76)c5)n4)ccc3-c3ccncc3-n3c4ccccc4c4ccccc43)C2C=C1. The van der Waals surface area contributed by atoms with Crippen molar-refractivity contribution >= 4 is 76.8 Å². The highest BCUT2D eigenvalue weighted by Crippen LogP contribution is 2.52. The van der Waals surface area contributed by atoms with Crippen LogP contribution in [0.3, 0.4) is 0 Å². The van der Waals surface area contributed by atoms with E-state index < -0.39 is 0 Å². The van der Waals surface area contributed by atoms with Gasteiger partial charge in [-0.1, -0.05) is 206 Å². The van der Waals surface area contributed by atoms with Gasteiger partial charge in [-0.15, -0.1) is 0 Å². The summed E-state index contributed by atoms with van der Waals surface area (Å²) in [5, 5.41) is 7.14. The van der Waals surface area contributed by atoms with E-state index in [0.717, 1.165) is 106 Å². The summed E-state index contributed by atoms with van der Waals surface area (Å²) in [6, 6.07) is 91.8. The molecule has 0 amide bonds. The van der Waals surface area contributed by atoms with Gasteiger partial charge in [-0.05, 0) is 78.4 Å². The molecule has 0 bridgehead atoms. The molecule has 10 aromatic carbocycles. The number of rotatable bonds is 9. The summed E-state index contributed by atoms with van der Waals surface area (Å²) in [7, 11) is 0. The van der Waals surface area contributed by atoms with Crippen molar-refractivity contribution < 1.29 is 0 Å². The van der Waals surface area contributed by atoms with Crippen molar-refractivity contribution in [3.63, 3.8) is 0 Å². The van der Waals surface area contributed by atoms with Crippen LogP contribution in [0.5, 0.6) is 0 Å². The van der Waals surface area contributed by atoms with E-state index in [1.807, 2.05) is 24.8 Å². The highest BCUT2D eigenvalue weighted by atomic mass is 15.2. The van der Waals surface area contributed by atoms with Crippen LogP contribution in [0, 0.1) is 0 Å². The normalized spacial score (nSPS) is 14.5. The van der Waals surface area contributed by atoms with Crippen LogP contribution >= 0.6 is 0 Å². The molecule has 412 valence electrons. The van der Waals surface area contributed by atoms with E-state index in [9.17, 15) is 0 Å². The molecular weight excluding hydrogens is 1070 g/mol. The van der Waals surface area contributed by atoms with Gasteiger partial charge in [0, 0.05) is 95.3 Å². The number of para-hydroxylation sites is 7. The standard InChI is InChI=1S/C80H52N8/c1-2-20-51(21-3-1)66-48-67(52-38-40-62(76(46-52)85-68-30-12-4-22-54(68)55-23-5-13-31-69(55)85)64-42-44-81-49-78(64)87-72-34-16-8-26-58(72)59-27-9-17-35-73(59)87)84-80(83-66)53-39-41-63(77(47-53)86-70-32-14-6-24-56(70)57-25-7-15-33-71(57)86)65-43-45-82-50-79(65)88-74-36-18-10-28-60(74)61-29-11-19-37-75(61)88/h1-50,54,68H. The van der Waals surface area contributed by atoms with E-state index in [0.29, 0.717) is 5.82 Å². The van der Waals surface area contributed by atoms with Crippen LogP contribution in [-0.4, -0.2) is 39.7 Å². The van der Waals surface area contributed by atoms with Crippen molar-refractivity contribution in [1.82, 2.24) is 33.6 Å². The molecule has 8 nitrogen and oxygen atoms in total. The number of hydrogen-bond donors (Lipinski definition) is 0. The zero-order valence-corrected chi connectivity index (χ0v) is 47.6. The Hall–Kier alpha value is -11.7. The number of anilines is 2. The molecule has 0 radical (unpaired) electrons. The average Bonchev–Trinajstić information content (AvgIpc) is 2.97. The third-order valence-corrected chi connectivity index (χ3v) is 18.2. The molecule has 2 atom stereocenters. The molecule has 6 aromatic heterocycles. The number of pyridine rings is 2. The molecule has 0 spiro atoms. The van der Waals surface area contributed by atoms with Crippen LogP contribution in [-0.2, 0) is 0 Å². The number of aromatic nitrogens is 7. The molecule has 0 saturated heterocycles. The molecule has 2 unspecified atom stereocenters. The van der Waals surface area contributed by atoms with Gasteiger partial charge in [-0.25, -0.2) is 9.97 Å². The van der Waals surface area contributed by atoms with Gasteiger partial charge in [0.05, 0.1) is 85.7 Å². The maximum absolute atomic E-state index is 5.71. The van der Waals surface area contributed by atoms with Crippen LogP contribution in [0.2, 0.25) is 0 Å². The highest BCUT2D eigenvalue weighted by Gasteiger charge is 2.39. The number of fused-ring (bicyclic) bond motifs is 12. The first-order chi connectivity index (χ1) is 43.7. The number of allylic oxidation sites excluding steroid dienone is 2. The fourth-order valence-corrected chi connectivity index (χ4v) is 14.4. The fourth-order valence-electron chi connectivity index (χ4n) is 14.4. The van der Waals surface area contributed by atoms with Crippen molar-refractivity contribution in [2.75, 3.05) is 4.90 Å². The minimum atomic E-state index is 0.0319. The second-order valence-electron chi connectivity index (χ2n) is 22.9. The Bertz CT molecular complexity index is 5410. The van der Waals surface area contributed by atoms with Gasteiger partial charge in [-0.3, -0.25) is 9.97 Å². The van der Waals surface area contributed by atoms with E-state index in [-0.39, 0.29) is 12.0 Å². The first-order valence-corrected chi connectivity index (χ1v) is 30.0. The first kappa shape index (κ1) is 49.7. The fraction of sp³-hybridized carbons (Fsp3) is 0.0250. The van der Waals surface area contributed by atoms with E-state index in [2.05, 4.69) is 298 Å². The lowest BCUT2D eigenvalue weighted by molar-refractivity contribution is 0.745. The van der Waals surface area contributed by atoms with Crippen LogP contribution in [0.25, 0.3) is 139 Å². The van der Waals surface area contributed by atoms with Crippen molar-refractivity contribution in [1.29, 1.82) is 0 Å². The lowest BCUT2D eigenvalue weighted by atomic mass is 9.91. The molecule has 88 heavy (non-hydrogen) atoms. The zero-order valence-electron chi connectivity index (χ0n) is 47.6. The summed E-state index contributed by atoms with van der Waals surface area (Å²) in [5.41, 5.74) is 22.0. The van der Waals surface area contributed by atoms with E-state index >= 15 is 0 Å². The number of benzene rings is 10. The van der Waals surface area contributed by atoms with Gasteiger partial charge in [0.2, 0.25) is 0 Å². The third kappa shape index (κ3) is 7.65. The van der Waals surface area contributed by atoms with Crippen molar-refractivity contribution in [2.45, 2.75) is 12.0 Å². The Labute approximate surface area is 507 Å². The Kier molecular flexibility index (Phi) is 11.3. The maximum atomic E-state index is 5.71. The third-order valence-electron chi connectivity index (χ3n) is 18.2. The predicted molar refractivity (Wildman–Crippen MR) is 361 cm³/mol. The van der Waals surface area contributed by atoms with E-state index in [1.54, 1.807) is 0 Å². The number of nitrogens with zero attached hydrogens (tertiary/aromatic N) is 8. The topological polar surface area (TPSA) is 69.6 Å². The van der Waals surface area contributed by atoms with Gasteiger partial charge >= 0.3 is 0 Å². The molecule has 0 saturated carbocycles. The summed E-state index contributed by atoms with van der Waals surface area (Å²) >= 11 is 0. The molecule has 1 aliphatic carbocycles. The van der Waals surface area contributed by atoms with Crippen molar-refractivity contribution in [2.24, 2.45) is 0 Å². The second kappa shape index (κ2) is 19.9. The van der Waals surface area contributed by atoms with Gasteiger partial charge < -0.3 is 18.6 Å². The Balaban J connectivity index is 0.874. The number of hydrogen-bond acceptors (Lipinski definition) is 5. The van der Waals surface area contributed by atoms with Crippen molar-refractivity contribution in [3.05, 3.63) is 309 Å². The Morgan fingerprint density at radius 3 is 1.24 bits per heavy atom. The van der Waals surface area contributed by atoms with Gasteiger partial charge in [-0.2, -0.15) is 0 Å². The molecule has 0 fully saturated rings. The van der Waals surface area contributed by atoms with Crippen molar-refractivity contribution in [3.8, 4) is 73.2 Å². The Morgan fingerprint density at radius 2 is 0.705 bits per heavy atom. The molecule has 7 heterocycles. The zero-order chi connectivity index (χ0) is 57.8. The van der Waals surface area contributed by atoms with E-state index in [4.69, 9.17) is 19.9 Å². The monoisotopic (exact) mass is 1120 g/mol. The summed E-state index contributed by atoms with van der Waals surface area (Å²) in [4.78, 5) is 23.5. The Morgan fingerprint density at radius 1 is 0.295 bits per heavy atom. The average molecular weight is 1130 g/mol. The van der Waals surface area contributed by atoms with Crippen LogP contribution in [0.4, 0.5) is 11.4 Å². The summed E-state index contributed by atoms with van der Waals surface area (Å²) in [6.07, 6.45) is 17.0. The minimum absolute atomic E-state index is 0.0319. The molecule has 2 aliphatic rings. The van der Waals surface area contributed by atoms with Gasteiger partial charge in [0.1, 0.15) is 0 Å². The second-order valence-corrected chi connectivity index (χ2v) is 22.9. The summed E-state index contributed by atoms with van der Waals surface area (Å²) in [5.74, 6) is 0.779. The molecule has 8 heteroatoms. The summed E-state index contributed by atoms with van der Waals surface area (Å²) in [6.45, 7) is 0. The van der Waals surface area contributed by atoms with Crippen LogP contribution < -0.4 is 4.90 Å².